The van der Waals surface area contributed by atoms with Crippen molar-refractivity contribution in [2.45, 2.75) is 45.4 Å². The molecule has 0 aromatic carbocycles. The van der Waals surface area contributed by atoms with Crippen LogP contribution in [-0.2, 0) is 11.2 Å². The molecule has 5 heteroatoms. The molecule has 1 aliphatic heterocycles. The van der Waals surface area contributed by atoms with Crippen molar-refractivity contribution in [3.05, 3.63) is 17.7 Å². The predicted molar refractivity (Wildman–Crippen MR) is 92.6 cm³/mol. The van der Waals surface area contributed by atoms with Crippen molar-refractivity contribution in [1.82, 2.24) is 9.88 Å². The summed E-state index contributed by atoms with van der Waals surface area (Å²) >= 11 is 0. The van der Waals surface area contributed by atoms with Gasteiger partial charge in [-0.25, -0.2) is 0 Å². The van der Waals surface area contributed by atoms with Gasteiger partial charge in [0.2, 0.25) is 5.88 Å². The number of likely N-dealkylation sites (tertiary alicyclic amines) is 1. The fourth-order valence-corrected chi connectivity index (χ4v) is 3.20. The van der Waals surface area contributed by atoms with E-state index in [1.807, 2.05) is 6.07 Å². The topological polar surface area (TPSA) is 68.5 Å². The van der Waals surface area contributed by atoms with Gasteiger partial charge in [0.1, 0.15) is 11.6 Å². The van der Waals surface area contributed by atoms with Crippen molar-refractivity contribution >= 4 is 11.6 Å². The van der Waals surface area contributed by atoms with E-state index in [0.717, 1.165) is 31.5 Å². The fourth-order valence-electron chi connectivity index (χ4n) is 3.20. The number of carbonyl (C=O) groups is 1. The van der Waals surface area contributed by atoms with Gasteiger partial charge in [-0.3, -0.25) is 4.79 Å². The Kier molecular flexibility index (Phi) is 6.84. The van der Waals surface area contributed by atoms with Crippen LogP contribution in [0.15, 0.2) is 12.1 Å². The third-order valence-corrected chi connectivity index (χ3v) is 4.59. The van der Waals surface area contributed by atoms with Crippen LogP contribution in [0.4, 0.5) is 5.82 Å². The fraction of sp³-hybridized carbons (Fsp3) is 0.667. The van der Waals surface area contributed by atoms with Crippen molar-refractivity contribution in [2.24, 2.45) is 5.92 Å². The minimum atomic E-state index is 0.266. The summed E-state index contributed by atoms with van der Waals surface area (Å²) in [4.78, 5) is 19.0. The molecule has 0 atom stereocenters. The van der Waals surface area contributed by atoms with Gasteiger partial charge in [0.05, 0.1) is 7.11 Å². The number of nitrogens with zero attached hydrogens (tertiary/aromatic N) is 2. The molecule has 2 heterocycles. The van der Waals surface area contributed by atoms with Crippen molar-refractivity contribution in [3.8, 4) is 5.88 Å². The largest absolute Gasteiger partial charge is 0.481 e. The summed E-state index contributed by atoms with van der Waals surface area (Å²) in [5.41, 5.74) is 6.48. The lowest BCUT2D eigenvalue weighted by Gasteiger charge is -2.31. The monoisotopic (exact) mass is 319 g/mol. The lowest BCUT2D eigenvalue weighted by atomic mass is 9.90. The summed E-state index contributed by atoms with van der Waals surface area (Å²) < 4.78 is 5.22. The van der Waals surface area contributed by atoms with E-state index in [4.69, 9.17) is 10.5 Å². The maximum absolute atomic E-state index is 12.4. The molecule has 0 radical (unpaired) electrons. The Morgan fingerprint density at radius 1 is 1.39 bits per heavy atom. The molecule has 0 aliphatic carbocycles. The molecule has 1 aromatic rings. The van der Waals surface area contributed by atoms with Gasteiger partial charge in [-0.1, -0.05) is 13.3 Å². The summed E-state index contributed by atoms with van der Waals surface area (Å²) in [7, 11) is 1.56. The number of rotatable bonds is 8. The molecule has 1 saturated heterocycles. The highest BCUT2D eigenvalue weighted by Crippen LogP contribution is 2.23. The normalized spacial score (nSPS) is 16.4. The van der Waals surface area contributed by atoms with Crippen molar-refractivity contribution in [2.75, 3.05) is 32.5 Å². The number of aromatic nitrogens is 1. The number of nitrogens with two attached hydrogens (primary N) is 1. The Hall–Kier alpha value is -1.62. The summed E-state index contributed by atoms with van der Waals surface area (Å²) in [5.74, 6) is 1.67. The van der Waals surface area contributed by atoms with Gasteiger partial charge in [-0.15, -0.1) is 0 Å². The smallest absolute Gasteiger partial charge is 0.218 e. The molecule has 128 valence electrons. The van der Waals surface area contributed by atoms with Crippen molar-refractivity contribution in [1.29, 1.82) is 0 Å². The predicted octanol–water partition coefficient (Wildman–Crippen LogP) is 2.69. The number of unbranched alkanes of at least 4 members (excludes halogenated alkanes) is 1. The number of piperidine rings is 1. The van der Waals surface area contributed by atoms with Crippen LogP contribution in [0.2, 0.25) is 0 Å². The minimum Gasteiger partial charge on any atom is -0.481 e. The molecule has 23 heavy (non-hydrogen) atoms. The lowest BCUT2D eigenvalue weighted by molar-refractivity contribution is -0.119. The number of hydrogen-bond acceptors (Lipinski definition) is 5. The average molecular weight is 319 g/mol. The van der Waals surface area contributed by atoms with Gasteiger partial charge in [-0.05, 0) is 56.9 Å². The molecule has 0 saturated carbocycles. The number of carbonyl (C=O) groups excluding carboxylic acids is 1. The first-order valence-corrected chi connectivity index (χ1v) is 8.65. The van der Waals surface area contributed by atoms with Crippen molar-refractivity contribution in [3.63, 3.8) is 0 Å². The van der Waals surface area contributed by atoms with Crippen LogP contribution >= 0.6 is 0 Å². The van der Waals surface area contributed by atoms with Crippen LogP contribution in [0.5, 0.6) is 5.88 Å². The number of pyridine rings is 1. The molecule has 2 rings (SSSR count). The van der Waals surface area contributed by atoms with Gasteiger partial charge < -0.3 is 15.4 Å². The highest BCUT2D eigenvalue weighted by Gasteiger charge is 2.21. The molecule has 0 amide bonds. The Balaban J connectivity index is 1.80. The second-order valence-electron chi connectivity index (χ2n) is 6.46. The third-order valence-electron chi connectivity index (χ3n) is 4.59. The zero-order valence-electron chi connectivity index (χ0n) is 14.4. The molecule has 1 fully saturated rings. The van der Waals surface area contributed by atoms with E-state index in [1.54, 1.807) is 13.2 Å². The van der Waals surface area contributed by atoms with E-state index < -0.39 is 0 Å². The summed E-state index contributed by atoms with van der Waals surface area (Å²) in [6, 6.07) is 3.56. The lowest BCUT2D eigenvalue weighted by Crippen LogP contribution is -2.35. The van der Waals surface area contributed by atoms with Gasteiger partial charge in [0, 0.05) is 18.4 Å². The second-order valence-corrected chi connectivity index (χ2v) is 6.46. The molecule has 0 bridgehead atoms. The Morgan fingerprint density at radius 3 is 2.78 bits per heavy atom. The van der Waals surface area contributed by atoms with E-state index >= 15 is 0 Å². The van der Waals surface area contributed by atoms with Crippen LogP contribution < -0.4 is 10.5 Å². The van der Waals surface area contributed by atoms with Crippen LogP contribution in [0.3, 0.4) is 0 Å². The summed E-state index contributed by atoms with van der Waals surface area (Å²) in [6.45, 7) is 5.69. The van der Waals surface area contributed by atoms with Gasteiger partial charge in [0.25, 0.3) is 0 Å². The zero-order chi connectivity index (χ0) is 16.7. The number of methoxy groups -OCH3 is 1. The second kappa shape index (κ2) is 8.87. The Morgan fingerprint density at radius 2 is 2.13 bits per heavy atom. The molecule has 1 aromatic heterocycles. The van der Waals surface area contributed by atoms with E-state index in [-0.39, 0.29) is 5.78 Å². The van der Waals surface area contributed by atoms with E-state index in [9.17, 15) is 4.79 Å². The van der Waals surface area contributed by atoms with E-state index in [1.165, 1.54) is 19.4 Å². The standard InChI is InChI=1S/C18H29N3O2/c1-3-4-9-21-10-7-14(8-11-21)12-16(22)13-15-5-6-17(19)20-18(15)23-2/h5-6,14H,3-4,7-13H2,1-2H3,(H2,19,20). The van der Waals surface area contributed by atoms with Crippen LogP contribution in [0.1, 0.15) is 44.6 Å². The highest BCUT2D eigenvalue weighted by molar-refractivity contribution is 5.81. The summed E-state index contributed by atoms with van der Waals surface area (Å²) in [5, 5.41) is 0. The molecule has 0 unspecified atom stereocenters. The zero-order valence-corrected chi connectivity index (χ0v) is 14.4. The number of ether oxygens (including phenoxy) is 1. The number of Topliss-reactive ketones (excluding diaryl/α,β-unsaturated/α-hetero) is 1. The van der Waals surface area contributed by atoms with Crippen LogP contribution in [0.25, 0.3) is 0 Å². The SMILES string of the molecule is CCCCN1CCC(CC(=O)Cc2ccc(N)nc2OC)CC1. The molecular formula is C18H29N3O2. The quantitative estimate of drug-likeness (QED) is 0.798. The number of ketones is 1. The molecule has 0 spiro atoms. The number of anilines is 1. The Bertz CT molecular complexity index is 511. The van der Waals surface area contributed by atoms with Crippen LogP contribution in [-0.4, -0.2) is 42.4 Å². The van der Waals surface area contributed by atoms with E-state index in [2.05, 4.69) is 16.8 Å². The first-order valence-electron chi connectivity index (χ1n) is 8.65. The maximum atomic E-state index is 12.4. The van der Waals surface area contributed by atoms with Crippen molar-refractivity contribution < 1.29 is 9.53 Å². The molecule has 1 aliphatic rings. The van der Waals surface area contributed by atoms with Gasteiger partial charge in [-0.2, -0.15) is 4.98 Å². The molecular weight excluding hydrogens is 290 g/mol. The molecule has 5 nitrogen and oxygen atoms in total. The highest BCUT2D eigenvalue weighted by atomic mass is 16.5. The minimum absolute atomic E-state index is 0.266. The van der Waals surface area contributed by atoms with Gasteiger partial charge >= 0.3 is 0 Å². The van der Waals surface area contributed by atoms with E-state index in [0.29, 0.717) is 30.5 Å². The van der Waals surface area contributed by atoms with Gasteiger partial charge in [0.15, 0.2) is 0 Å². The van der Waals surface area contributed by atoms with Crippen LogP contribution in [0, 0.1) is 5.92 Å². The maximum Gasteiger partial charge on any atom is 0.218 e. The average Bonchev–Trinajstić information content (AvgIpc) is 2.55. The summed E-state index contributed by atoms with van der Waals surface area (Å²) in [6.07, 6.45) is 5.82. The Labute approximate surface area is 139 Å². The number of nitrogen functional groups attached to an aromatic ring is 1. The third kappa shape index (κ3) is 5.50. The molecule has 2 N–H and O–H groups in total. The first kappa shape index (κ1) is 17.7. The number of hydrogen-bond donors (Lipinski definition) is 1. The first-order chi connectivity index (χ1) is 11.1.